The van der Waals surface area contributed by atoms with Crippen LogP contribution < -0.4 is 9.47 Å². The van der Waals surface area contributed by atoms with E-state index in [0.717, 1.165) is 28.0 Å². The van der Waals surface area contributed by atoms with E-state index in [-0.39, 0.29) is 35.4 Å². The molecule has 1 aromatic heterocycles. The Morgan fingerprint density at radius 1 is 0.921 bits per heavy atom. The molecule has 194 valence electrons. The molecule has 2 N–H and O–H groups in total. The SMILES string of the molecule is Cc1ccccc1-c1ccc(C(F)(F)F)c2c(CCCOc3cccc4ccccc34)c(OC(=O)O)[nH]c12. The van der Waals surface area contributed by atoms with Gasteiger partial charge >= 0.3 is 12.3 Å². The zero-order valence-electron chi connectivity index (χ0n) is 20.4. The Labute approximate surface area is 216 Å². The minimum Gasteiger partial charge on any atom is -0.493 e. The van der Waals surface area contributed by atoms with E-state index in [1.54, 1.807) is 6.07 Å². The van der Waals surface area contributed by atoms with Crippen molar-refractivity contribution in [1.82, 2.24) is 4.98 Å². The van der Waals surface area contributed by atoms with Gasteiger partial charge in [-0.2, -0.15) is 13.2 Å². The lowest BCUT2D eigenvalue weighted by atomic mass is 9.94. The van der Waals surface area contributed by atoms with Crippen molar-refractivity contribution in [3.8, 4) is 22.8 Å². The topological polar surface area (TPSA) is 71.6 Å². The first kappa shape index (κ1) is 25.2. The molecule has 0 aliphatic carbocycles. The van der Waals surface area contributed by atoms with Gasteiger partial charge in [0, 0.05) is 21.9 Å². The second kappa shape index (κ2) is 10.1. The number of aromatic amines is 1. The van der Waals surface area contributed by atoms with Gasteiger partial charge in [0.1, 0.15) is 5.75 Å². The number of H-pyrrole nitrogens is 1. The van der Waals surface area contributed by atoms with E-state index in [1.165, 1.54) is 6.07 Å². The van der Waals surface area contributed by atoms with Crippen molar-refractivity contribution >= 4 is 27.8 Å². The van der Waals surface area contributed by atoms with E-state index in [0.29, 0.717) is 17.7 Å². The molecule has 0 aliphatic rings. The van der Waals surface area contributed by atoms with Crippen LogP contribution in [0.2, 0.25) is 0 Å². The number of aryl methyl sites for hydroxylation is 2. The van der Waals surface area contributed by atoms with Crippen molar-refractivity contribution in [3.05, 3.63) is 95.6 Å². The molecule has 0 fully saturated rings. The lowest BCUT2D eigenvalue weighted by Crippen LogP contribution is -2.08. The van der Waals surface area contributed by atoms with Gasteiger partial charge in [-0.1, -0.05) is 66.7 Å². The Kier molecular flexibility index (Phi) is 6.72. The van der Waals surface area contributed by atoms with Gasteiger partial charge in [-0.25, -0.2) is 4.79 Å². The van der Waals surface area contributed by atoms with Crippen molar-refractivity contribution in [2.75, 3.05) is 6.61 Å². The summed E-state index contributed by atoms with van der Waals surface area (Å²) in [7, 11) is 0. The molecule has 0 unspecified atom stereocenters. The summed E-state index contributed by atoms with van der Waals surface area (Å²) in [5, 5.41) is 11.2. The molecule has 8 heteroatoms. The average molecular weight is 520 g/mol. The maximum absolute atomic E-state index is 14.1. The predicted molar refractivity (Wildman–Crippen MR) is 140 cm³/mol. The molecular weight excluding hydrogens is 495 g/mol. The van der Waals surface area contributed by atoms with Crippen LogP contribution in [-0.2, 0) is 12.6 Å². The highest BCUT2D eigenvalue weighted by Gasteiger charge is 2.36. The van der Waals surface area contributed by atoms with Gasteiger partial charge in [-0.15, -0.1) is 0 Å². The van der Waals surface area contributed by atoms with Gasteiger partial charge in [0.25, 0.3) is 0 Å². The van der Waals surface area contributed by atoms with E-state index in [4.69, 9.17) is 9.47 Å². The van der Waals surface area contributed by atoms with Crippen LogP contribution in [0.15, 0.2) is 78.9 Å². The summed E-state index contributed by atoms with van der Waals surface area (Å²) in [6.45, 7) is 2.08. The normalized spacial score (nSPS) is 11.7. The smallest absolute Gasteiger partial charge is 0.493 e. The molecule has 0 atom stereocenters. The molecular formula is C30H24F3NO4. The van der Waals surface area contributed by atoms with Crippen LogP contribution in [0.5, 0.6) is 11.6 Å². The second-order valence-electron chi connectivity index (χ2n) is 8.95. The number of halogens is 3. The molecule has 0 radical (unpaired) electrons. The highest BCUT2D eigenvalue weighted by atomic mass is 19.4. The number of rotatable bonds is 7. The number of ether oxygens (including phenoxy) is 2. The first-order valence-corrected chi connectivity index (χ1v) is 12.1. The van der Waals surface area contributed by atoms with Crippen molar-refractivity contribution in [2.24, 2.45) is 0 Å². The summed E-state index contributed by atoms with van der Waals surface area (Å²) in [5.41, 5.74) is 1.60. The highest BCUT2D eigenvalue weighted by Crippen LogP contribution is 2.44. The Hall–Kier alpha value is -4.46. The minimum atomic E-state index is -4.65. The van der Waals surface area contributed by atoms with E-state index >= 15 is 0 Å². The third kappa shape index (κ3) is 4.89. The Morgan fingerprint density at radius 3 is 2.42 bits per heavy atom. The summed E-state index contributed by atoms with van der Waals surface area (Å²) in [6.07, 6.45) is -5.83. The maximum atomic E-state index is 14.1. The van der Waals surface area contributed by atoms with Gasteiger partial charge in [0.15, 0.2) is 0 Å². The Balaban J connectivity index is 1.54. The molecule has 0 saturated carbocycles. The second-order valence-corrected chi connectivity index (χ2v) is 8.95. The van der Waals surface area contributed by atoms with Crippen molar-refractivity contribution in [3.63, 3.8) is 0 Å². The van der Waals surface area contributed by atoms with Crippen LogP contribution in [0.4, 0.5) is 18.0 Å². The molecule has 5 nitrogen and oxygen atoms in total. The number of alkyl halides is 3. The van der Waals surface area contributed by atoms with E-state index in [9.17, 15) is 23.1 Å². The van der Waals surface area contributed by atoms with Gasteiger partial charge in [-0.3, -0.25) is 0 Å². The standard InChI is InChI=1S/C30H24F3NO4/c1-18-8-2-4-11-20(18)22-15-16-24(30(31,32)33)26-23(28(34-27(22)26)38-29(35)36)13-7-17-37-25-14-6-10-19-9-3-5-12-21(19)25/h2-6,8-12,14-16,34H,7,13,17H2,1H3,(H,35,36). The predicted octanol–water partition coefficient (Wildman–Crippen LogP) is 8.38. The number of carbonyl (C=O) groups is 1. The molecule has 38 heavy (non-hydrogen) atoms. The number of fused-ring (bicyclic) bond motifs is 2. The van der Waals surface area contributed by atoms with Crippen LogP contribution in [0.1, 0.15) is 23.1 Å². The summed E-state index contributed by atoms with van der Waals surface area (Å²) in [5.74, 6) is 0.450. The lowest BCUT2D eigenvalue weighted by molar-refractivity contribution is -0.136. The van der Waals surface area contributed by atoms with E-state index < -0.39 is 17.9 Å². The molecule has 0 amide bonds. The van der Waals surface area contributed by atoms with Gasteiger partial charge in [-0.05, 0) is 48.4 Å². The molecule has 0 saturated heterocycles. The molecule has 4 aromatic carbocycles. The largest absolute Gasteiger partial charge is 0.512 e. The summed E-state index contributed by atoms with van der Waals surface area (Å²) in [4.78, 5) is 14.3. The lowest BCUT2D eigenvalue weighted by Gasteiger charge is -2.14. The van der Waals surface area contributed by atoms with Crippen LogP contribution in [0.3, 0.4) is 0 Å². The van der Waals surface area contributed by atoms with Crippen molar-refractivity contribution < 1.29 is 32.5 Å². The number of carboxylic acid groups (broad SMARTS) is 1. The van der Waals surface area contributed by atoms with Crippen molar-refractivity contribution in [2.45, 2.75) is 25.9 Å². The molecule has 0 aliphatic heterocycles. The summed E-state index contributed by atoms with van der Waals surface area (Å²) >= 11 is 0. The Morgan fingerprint density at radius 2 is 1.66 bits per heavy atom. The van der Waals surface area contributed by atoms with Crippen molar-refractivity contribution in [1.29, 1.82) is 0 Å². The van der Waals surface area contributed by atoms with Gasteiger partial charge in [0.2, 0.25) is 5.88 Å². The Bertz CT molecular complexity index is 1630. The molecule has 5 rings (SSSR count). The fourth-order valence-electron chi connectivity index (χ4n) is 4.85. The first-order valence-electron chi connectivity index (χ1n) is 12.1. The third-order valence-electron chi connectivity index (χ3n) is 6.53. The number of nitrogens with one attached hydrogen (secondary N) is 1. The number of benzene rings is 4. The van der Waals surface area contributed by atoms with E-state index in [2.05, 4.69) is 4.98 Å². The molecule has 0 bridgehead atoms. The molecule has 1 heterocycles. The van der Waals surface area contributed by atoms with Crippen LogP contribution in [-0.4, -0.2) is 22.9 Å². The fraction of sp³-hybridized carbons (Fsp3) is 0.167. The van der Waals surface area contributed by atoms with Gasteiger partial charge < -0.3 is 19.6 Å². The monoisotopic (exact) mass is 519 g/mol. The van der Waals surface area contributed by atoms with Gasteiger partial charge in [0.05, 0.1) is 17.7 Å². The molecule has 5 aromatic rings. The number of hydrogen-bond acceptors (Lipinski definition) is 3. The summed E-state index contributed by atoms with van der Waals surface area (Å²) < 4.78 is 53.3. The third-order valence-corrected chi connectivity index (χ3v) is 6.53. The van der Waals surface area contributed by atoms with Crippen LogP contribution in [0, 0.1) is 6.92 Å². The summed E-state index contributed by atoms with van der Waals surface area (Å²) in [6, 6.07) is 23.2. The minimum absolute atomic E-state index is 0.0975. The zero-order valence-corrected chi connectivity index (χ0v) is 20.4. The fourth-order valence-corrected chi connectivity index (χ4v) is 4.85. The first-order chi connectivity index (χ1) is 18.2. The van der Waals surface area contributed by atoms with Crippen LogP contribution >= 0.6 is 0 Å². The van der Waals surface area contributed by atoms with E-state index in [1.807, 2.05) is 67.6 Å². The maximum Gasteiger partial charge on any atom is 0.512 e. The average Bonchev–Trinajstić information content (AvgIpc) is 3.23. The number of hydrogen-bond donors (Lipinski definition) is 2. The quantitative estimate of drug-likeness (QED) is 0.167. The van der Waals surface area contributed by atoms with Crippen LogP contribution in [0.25, 0.3) is 32.8 Å². The number of aromatic nitrogens is 1. The zero-order chi connectivity index (χ0) is 26.9. The molecule has 0 spiro atoms. The highest BCUT2D eigenvalue weighted by molar-refractivity contribution is 6.01.